The van der Waals surface area contributed by atoms with E-state index < -0.39 is 6.36 Å². The molecule has 1 aliphatic carbocycles. The van der Waals surface area contributed by atoms with E-state index in [-0.39, 0.29) is 24.2 Å². The average Bonchev–Trinajstić information content (AvgIpc) is 2.12. The van der Waals surface area contributed by atoms with Crippen LogP contribution in [0.5, 0.6) is 5.75 Å². The van der Waals surface area contributed by atoms with Crippen molar-refractivity contribution in [3.63, 3.8) is 0 Å². The summed E-state index contributed by atoms with van der Waals surface area (Å²) in [4.78, 5) is 0. The van der Waals surface area contributed by atoms with Gasteiger partial charge in [0.15, 0.2) is 0 Å². The van der Waals surface area contributed by atoms with Crippen molar-refractivity contribution in [1.29, 1.82) is 0 Å². The third-order valence-electron chi connectivity index (χ3n) is 3.13. The first-order valence-corrected chi connectivity index (χ1v) is 5.57. The monoisotopic (exact) mass is 281 g/mol. The minimum atomic E-state index is -4.65. The number of halogens is 4. The summed E-state index contributed by atoms with van der Waals surface area (Å²) in [5.41, 5.74) is 6.70. The van der Waals surface area contributed by atoms with Crippen LogP contribution in [0.3, 0.4) is 0 Å². The van der Waals surface area contributed by atoms with Crippen LogP contribution < -0.4 is 10.5 Å². The fraction of sp³-hybridized carbons (Fsp3) is 0.500. The second-order valence-electron chi connectivity index (χ2n) is 4.34. The van der Waals surface area contributed by atoms with Crippen LogP contribution in [-0.4, -0.2) is 6.36 Å². The molecule has 1 aromatic rings. The molecule has 102 valence electrons. The first-order chi connectivity index (χ1) is 7.96. The Morgan fingerprint density at radius 1 is 1.28 bits per heavy atom. The van der Waals surface area contributed by atoms with E-state index >= 15 is 0 Å². The Kier molecular flexibility index (Phi) is 4.87. The van der Waals surface area contributed by atoms with E-state index in [1.807, 2.05) is 0 Å². The molecule has 2 N–H and O–H groups in total. The van der Waals surface area contributed by atoms with Gasteiger partial charge in [-0.25, -0.2) is 0 Å². The lowest BCUT2D eigenvalue weighted by atomic mass is 9.77. The molecule has 0 saturated heterocycles. The third kappa shape index (κ3) is 3.78. The summed E-state index contributed by atoms with van der Waals surface area (Å²) in [6.45, 7) is 0. The van der Waals surface area contributed by atoms with Crippen LogP contribution >= 0.6 is 12.4 Å². The number of hydrogen-bond donors (Lipinski definition) is 1. The van der Waals surface area contributed by atoms with Crippen LogP contribution in [0.1, 0.15) is 30.9 Å². The van der Waals surface area contributed by atoms with Gasteiger partial charge in [-0.3, -0.25) is 0 Å². The van der Waals surface area contributed by atoms with Crippen molar-refractivity contribution < 1.29 is 17.9 Å². The van der Waals surface area contributed by atoms with Crippen molar-refractivity contribution in [3.05, 3.63) is 29.8 Å². The van der Waals surface area contributed by atoms with Crippen LogP contribution in [0.4, 0.5) is 13.2 Å². The first-order valence-electron chi connectivity index (χ1n) is 5.57. The van der Waals surface area contributed by atoms with E-state index in [1.165, 1.54) is 18.2 Å². The maximum atomic E-state index is 12.1. The smallest absolute Gasteiger partial charge is 0.406 e. The molecule has 2 rings (SSSR count). The first kappa shape index (κ1) is 15.1. The van der Waals surface area contributed by atoms with Gasteiger partial charge in [-0.1, -0.05) is 18.6 Å². The molecule has 0 spiro atoms. The number of hydrogen-bond acceptors (Lipinski definition) is 2. The maximum absolute atomic E-state index is 12.1. The molecule has 0 bridgehead atoms. The molecule has 1 atom stereocenters. The zero-order valence-corrected chi connectivity index (χ0v) is 10.4. The van der Waals surface area contributed by atoms with E-state index in [2.05, 4.69) is 4.74 Å². The quantitative estimate of drug-likeness (QED) is 0.914. The molecule has 1 fully saturated rings. The van der Waals surface area contributed by atoms with Crippen molar-refractivity contribution in [2.75, 3.05) is 0 Å². The molecule has 18 heavy (non-hydrogen) atoms. The van der Waals surface area contributed by atoms with Crippen LogP contribution in [0, 0.1) is 5.92 Å². The third-order valence-corrected chi connectivity index (χ3v) is 3.13. The van der Waals surface area contributed by atoms with Crippen molar-refractivity contribution in [2.24, 2.45) is 11.7 Å². The second kappa shape index (κ2) is 5.80. The summed E-state index contributed by atoms with van der Waals surface area (Å²) in [5, 5.41) is 0. The lowest BCUT2D eigenvalue weighted by Crippen LogP contribution is -2.27. The fourth-order valence-electron chi connectivity index (χ4n) is 1.99. The van der Waals surface area contributed by atoms with Crippen LogP contribution in [0.15, 0.2) is 24.3 Å². The van der Waals surface area contributed by atoms with Crippen molar-refractivity contribution in [2.45, 2.75) is 31.7 Å². The van der Waals surface area contributed by atoms with Gasteiger partial charge in [0, 0.05) is 6.04 Å². The summed E-state index contributed by atoms with van der Waals surface area (Å²) in [5.74, 6) is 0.181. The molecule has 6 heteroatoms. The molecule has 0 radical (unpaired) electrons. The van der Waals surface area contributed by atoms with Gasteiger partial charge < -0.3 is 10.5 Å². The molecule has 0 heterocycles. The molecule has 0 aromatic heterocycles. The summed E-state index contributed by atoms with van der Waals surface area (Å²) in [6.07, 6.45) is -1.41. The molecule has 0 unspecified atom stereocenters. The molecule has 1 aromatic carbocycles. The molecule has 2 nitrogen and oxygen atoms in total. The predicted octanol–water partition coefficient (Wildman–Crippen LogP) is 3.81. The Labute approximate surface area is 110 Å². The number of benzene rings is 1. The van der Waals surface area contributed by atoms with Gasteiger partial charge in [0.2, 0.25) is 0 Å². The molecular formula is C12H15ClF3NO. The average molecular weight is 282 g/mol. The molecule has 0 aliphatic heterocycles. The van der Waals surface area contributed by atoms with Gasteiger partial charge in [0.25, 0.3) is 0 Å². The highest BCUT2D eigenvalue weighted by Gasteiger charge is 2.31. The zero-order chi connectivity index (χ0) is 12.5. The van der Waals surface area contributed by atoms with Gasteiger partial charge in [0.1, 0.15) is 5.75 Å². The van der Waals surface area contributed by atoms with Gasteiger partial charge in [-0.15, -0.1) is 25.6 Å². The normalized spacial score (nSPS) is 17.6. The van der Waals surface area contributed by atoms with Crippen molar-refractivity contribution >= 4 is 12.4 Å². The lowest BCUT2D eigenvalue weighted by Gasteiger charge is -2.31. The van der Waals surface area contributed by atoms with Gasteiger partial charge in [-0.2, -0.15) is 0 Å². The van der Waals surface area contributed by atoms with Crippen molar-refractivity contribution in [3.8, 4) is 5.75 Å². The zero-order valence-electron chi connectivity index (χ0n) is 9.61. The summed E-state index contributed by atoms with van der Waals surface area (Å²) in [6, 6.07) is 5.74. The lowest BCUT2D eigenvalue weighted by molar-refractivity contribution is -0.274. The van der Waals surface area contributed by atoms with Crippen LogP contribution in [0.2, 0.25) is 0 Å². The molecule has 0 amide bonds. The summed E-state index contributed by atoms with van der Waals surface area (Å²) < 4.78 is 40.0. The van der Waals surface area contributed by atoms with Gasteiger partial charge in [-0.05, 0) is 36.5 Å². The minimum Gasteiger partial charge on any atom is -0.406 e. The highest BCUT2D eigenvalue weighted by atomic mass is 35.5. The van der Waals surface area contributed by atoms with Crippen LogP contribution in [0.25, 0.3) is 0 Å². The van der Waals surface area contributed by atoms with Gasteiger partial charge in [0.05, 0.1) is 0 Å². The van der Waals surface area contributed by atoms with E-state index in [1.54, 1.807) is 6.07 Å². The van der Waals surface area contributed by atoms with Crippen LogP contribution in [-0.2, 0) is 0 Å². The highest BCUT2D eigenvalue weighted by molar-refractivity contribution is 5.85. The Morgan fingerprint density at radius 3 is 2.44 bits per heavy atom. The SMILES string of the molecule is Cl.N[C@@H](c1cccc(OC(F)(F)F)c1)C1CCC1. The number of nitrogens with two attached hydrogens (primary N) is 1. The Bertz CT molecular complexity index is 393. The van der Waals surface area contributed by atoms with E-state index in [4.69, 9.17) is 5.73 Å². The number of alkyl halides is 3. The fourth-order valence-corrected chi connectivity index (χ4v) is 1.99. The topological polar surface area (TPSA) is 35.2 Å². The Balaban J connectivity index is 0.00000162. The van der Waals surface area contributed by atoms with E-state index in [9.17, 15) is 13.2 Å². The molecule has 1 saturated carbocycles. The van der Waals surface area contributed by atoms with Crippen molar-refractivity contribution in [1.82, 2.24) is 0 Å². The molecular weight excluding hydrogens is 267 g/mol. The Morgan fingerprint density at radius 2 is 1.94 bits per heavy atom. The predicted molar refractivity (Wildman–Crippen MR) is 64.6 cm³/mol. The largest absolute Gasteiger partial charge is 0.573 e. The van der Waals surface area contributed by atoms with E-state index in [0.29, 0.717) is 11.5 Å². The Hall–Kier alpha value is -0.940. The number of rotatable bonds is 3. The van der Waals surface area contributed by atoms with Gasteiger partial charge >= 0.3 is 6.36 Å². The standard InChI is InChI=1S/C12H14F3NO.ClH/c13-12(14,15)17-10-6-2-5-9(7-10)11(16)8-3-1-4-8;/h2,5-8,11H,1,3-4,16H2;1H/t11-;/m1./s1. The minimum absolute atomic E-state index is 0. The summed E-state index contributed by atoms with van der Waals surface area (Å²) in [7, 11) is 0. The number of ether oxygens (including phenoxy) is 1. The second-order valence-corrected chi connectivity index (χ2v) is 4.34. The summed E-state index contributed by atoms with van der Waals surface area (Å²) >= 11 is 0. The van der Waals surface area contributed by atoms with E-state index in [0.717, 1.165) is 19.3 Å². The molecule has 1 aliphatic rings. The maximum Gasteiger partial charge on any atom is 0.573 e. The highest BCUT2D eigenvalue weighted by Crippen LogP contribution is 2.37.